The molecule has 0 aliphatic carbocycles. The number of hydrogen-bond donors (Lipinski definition) is 0. The fourth-order valence-electron chi connectivity index (χ4n) is 7.45. The van der Waals surface area contributed by atoms with Crippen molar-refractivity contribution in [1.29, 1.82) is 15.8 Å². The predicted octanol–water partition coefficient (Wildman–Crippen LogP) is 7.44. The molecule has 8 aromatic rings. The Morgan fingerprint density at radius 2 is 0.920 bits per heavy atom. The molecule has 0 saturated carbocycles. The van der Waals surface area contributed by atoms with Crippen LogP contribution in [0.2, 0.25) is 0 Å². The first-order valence-electron chi connectivity index (χ1n) is 16.4. The van der Waals surface area contributed by atoms with Gasteiger partial charge in [-0.15, -0.1) is 0 Å². The van der Waals surface area contributed by atoms with Crippen LogP contribution in [-0.2, 0) is 0 Å². The van der Waals surface area contributed by atoms with Crippen LogP contribution in [0.25, 0.3) is 38.6 Å². The van der Waals surface area contributed by atoms with Crippen molar-refractivity contribution in [2.75, 3.05) is 0 Å². The summed E-state index contributed by atoms with van der Waals surface area (Å²) in [6.07, 6.45) is 0. The minimum absolute atomic E-state index is 0.576. The van der Waals surface area contributed by atoms with Crippen LogP contribution in [0.3, 0.4) is 0 Å². The Morgan fingerprint density at radius 3 is 1.48 bits per heavy atom. The topological polar surface area (TPSA) is 76.3 Å². The third kappa shape index (κ3) is 4.88. The van der Waals surface area contributed by atoms with Gasteiger partial charge in [-0.3, -0.25) is 0 Å². The van der Waals surface area contributed by atoms with Crippen molar-refractivity contribution in [2.24, 2.45) is 0 Å². The van der Waals surface area contributed by atoms with Gasteiger partial charge < -0.3 is 4.57 Å². The molecule has 0 bridgehead atoms. The molecule has 8 rings (SSSR count). The molecule has 50 heavy (non-hydrogen) atoms. The summed E-state index contributed by atoms with van der Waals surface area (Å²) in [6, 6.07) is 65.4. The first kappa shape index (κ1) is 30.4. The number of hydrogen-bond acceptors (Lipinski definition) is 3. The minimum atomic E-state index is -2.93. The lowest BCUT2D eigenvalue weighted by Crippen LogP contribution is -2.75. The lowest BCUT2D eigenvalue weighted by Gasteiger charge is -2.36. The fourth-order valence-corrected chi connectivity index (χ4v) is 12.4. The van der Waals surface area contributed by atoms with Crippen molar-refractivity contribution in [3.63, 3.8) is 0 Å². The molecule has 5 heteroatoms. The van der Waals surface area contributed by atoms with Gasteiger partial charge in [-0.1, -0.05) is 109 Å². The van der Waals surface area contributed by atoms with Gasteiger partial charge in [0.1, 0.15) is 0 Å². The molecule has 0 amide bonds. The molecule has 0 unspecified atom stereocenters. The highest BCUT2D eigenvalue weighted by atomic mass is 28.3. The van der Waals surface area contributed by atoms with Crippen molar-refractivity contribution in [3.05, 3.63) is 187 Å². The second-order valence-electron chi connectivity index (χ2n) is 12.3. The second-order valence-corrected chi connectivity index (χ2v) is 16.1. The molecule has 0 aliphatic rings. The van der Waals surface area contributed by atoms with Gasteiger partial charge in [0.05, 0.1) is 45.9 Å². The van der Waals surface area contributed by atoms with Crippen LogP contribution in [0, 0.1) is 34.0 Å². The predicted molar refractivity (Wildman–Crippen MR) is 204 cm³/mol. The summed E-state index contributed by atoms with van der Waals surface area (Å²) in [4.78, 5) is 0. The van der Waals surface area contributed by atoms with Crippen LogP contribution in [0.15, 0.2) is 170 Å². The summed E-state index contributed by atoms with van der Waals surface area (Å²) in [5.74, 6) is 0. The third-order valence-electron chi connectivity index (χ3n) is 9.63. The molecular weight excluding hydrogens is 625 g/mol. The molecule has 7 aromatic carbocycles. The number of benzene rings is 7. The first-order valence-corrected chi connectivity index (χ1v) is 18.4. The number of fused-ring (bicyclic) bond motifs is 3. The lowest BCUT2D eigenvalue weighted by atomic mass is 10.0. The summed E-state index contributed by atoms with van der Waals surface area (Å²) < 4.78 is 2.22. The molecule has 0 spiro atoms. The van der Waals surface area contributed by atoms with Gasteiger partial charge in [-0.25, -0.2) is 0 Å². The Kier molecular flexibility index (Phi) is 7.63. The van der Waals surface area contributed by atoms with E-state index in [4.69, 9.17) is 0 Å². The molecule has 0 N–H and O–H groups in total. The normalized spacial score (nSPS) is 11.1. The van der Waals surface area contributed by atoms with E-state index in [1.54, 1.807) is 0 Å². The molecule has 0 atom stereocenters. The average molecular weight is 653 g/mol. The lowest BCUT2D eigenvalue weighted by molar-refractivity contribution is 1.18. The van der Waals surface area contributed by atoms with Crippen molar-refractivity contribution in [3.8, 4) is 35.0 Å². The number of aromatic nitrogens is 1. The molecule has 0 radical (unpaired) electrons. The van der Waals surface area contributed by atoms with E-state index < -0.39 is 8.07 Å². The van der Waals surface area contributed by atoms with E-state index in [0.717, 1.165) is 38.6 Å². The van der Waals surface area contributed by atoms with Gasteiger partial charge in [0.25, 0.3) is 0 Å². The van der Waals surface area contributed by atoms with E-state index in [0.29, 0.717) is 16.7 Å². The van der Waals surface area contributed by atoms with E-state index in [9.17, 15) is 15.8 Å². The maximum atomic E-state index is 9.70. The van der Waals surface area contributed by atoms with Crippen LogP contribution in [0.4, 0.5) is 0 Å². The highest BCUT2D eigenvalue weighted by Gasteiger charge is 2.42. The molecule has 4 nitrogen and oxygen atoms in total. The van der Waals surface area contributed by atoms with E-state index >= 15 is 0 Å². The van der Waals surface area contributed by atoms with E-state index in [1.165, 1.54) is 20.7 Å². The SMILES string of the molecule is N#Cc1ccc([Si](c2ccccc2)(c2ccccc2)c2ccccc2-c2cccc(-n3c4ccc(C#N)cc4c4cc(C#N)ccc43)c2)cc1. The summed E-state index contributed by atoms with van der Waals surface area (Å²) in [6.45, 7) is 0. The standard InChI is InChI=1S/C45H28N4Si/c46-29-32-18-22-39(23-19-32)50(37-12-3-1-4-13-37,38-14-5-2-6-15-38)45-17-8-7-16-40(45)35-10-9-11-36(28-35)49-43-24-20-33(30-47)26-41(43)42-27-34(31-48)21-25-44(42)49/h1-28H. The van der Waals surface area contributed by atoms with E-state index in [2.05, 4.69) is 144 Å². The van der Waals surface area contributed by atoms with Crippen LogP contribution >= 0.6 is 0 Å². The zero-order chi connectivity index (χ0) is 34.1. The molecule has 232 valence electrons. The summed E-state index contributed by atoms with van der Waals surface area (Å²) in [5.41, 5.74) is 6.92. The summed E-state index contributed by atoms with van der Waals surface area (Å²) in [7, 11) is -2.93. The largest absolute Gasteiger partial charge is 0.309 e. The number of nitriles is 3. The van der Waals surface area contributed by atoms with Gasteiger partial charge in [-0.2, -0.15) is 15.8 Å². The fraction of sp³-hybridized carbons (Fsp3) is 0. The molecule has 1 heterocycles. The zero-order valence-electron chi connectivity index (χ0n) is 27.0. The van der Waals surface area contributed by atoms with Crippen molar-refractivity contribution in [2.45, 2.75) is 0 Å². The van der Waals surface area contributed by atoms with Crippen molar-refractivity contribution >= 4 is 50.6 Å². The molecule has 0 fully saturated rings. The van der Waals surface area contributed by atoms with Crippen LogP contribution in [0.5, 0.6) is 0 Å². The summed E-state index contributed by atoms with van der Waals surface area (Å²) >= 11 is 0. The Labute approximate surface area is 291 Å². The Hall–Kier alpha value is -6.97. The summed E-state index contributed by atoms with van der Waals surface area (Å²) in [5, 5.41) is 35.9. The smallest absolute Gasteiger partial charge is 0.180 e. The van der Waals surface area contributed by atoms with Crippen molar-refractivity contribution < 1.29 is 0 Å². The third-order valence-corrected chi connectivity index (χ3v) is 14.5. The molecule has 0 aliphatic heterocycles. The second kappa shape index (κ2) is 12.6. The maximum absolute atomic E-state index is 9.70. The van der Waals surface area contributed by atoms with Gasteiger partial charge in [0.2, 0.25) is 0 Å². The average Bonchev–Trinajstić information content (AvgIpc) is 3.52. The number of rotatable bonds is 6. The monoisotopic (exact) mass is 652 g/mol. The molecule has 0 saturated heterocycles. The number of nitrogens with zero attached hydrogens (tertiary/aromatic N) is 4. The Morgan fingerprint density at radius 1 is 0.420 bits per heavy atom. The Bertz CT molecular complexity index is 2560. The van der Waals surface area contributed by atoms with Gasteiger partial charge in [0.15, 0.2) is 8.07 Å². The molecular formula is C45H28N4Si. The molecule has 1 aromatic heterocycles. The van der Waals surface area contributed by atoms with E-state index in [-0.39, 0.29) is 0 Å². The minimum Gasteiger partial charge on any atom is -0.309 e. The highest BCUT2D eigenvalue weighted by molar-refractivity contribution is 7.20. The highest BCUT2D eigenvalue weighted by Crippen LogP contribution is 2.34. The first-order chi connectivity index (χ1) is 24.6. The zero-order valence-corrected chi connectivity index (χ0v) is 28.0. The van der Waals surface area contributed by atoms with Gasteiger partial charge >= 0.3 is 0 Å². The van der Waals surface area contributed by atoms with Crippen LogP contribution < -0.4 is 20.7 Å². The van der Waals surface area contributed by atoms with Gasteiger partial charge in [-0.05, 0) is 92.5 Å². The van der Waals surface area contributed by atoms with Crippen molar-refractivity contribution in [1.82, 2.24) is 4.57 Å². The van der Waals surface area contributed by atoms with E-state index in [1.807, 2.05) is 48.5 Å². The maximum Gasteiger partial charge on any atom is 0.180 e. The van der Waals surface area contributed by atoms with Crippen LogP contribution in [-0.4, -0.2) is 12.6 Å². The van der Waals surface area contributed by atoms with Crippen LogP contribution in [0.1, 0.15) is 16.7 Å². The Balaban J connectivity index is 1.41. The quantitative estimate of drug-likeness (QED) is 0.138. The van der Waals surface area contributed by atoms with Gasteiger partial charge in [0, 0.05) is 16.5 Å².